The maximum absolute atomic E-state index is 12.4. The molecule has 0 fully saturated rings. The average molecular weight is 357 g/mol. The molecule has 6 heteroatoms. The second kappa shape index (κ2) is 6.47. The van der Waals surface area contributed by atoms with Crippen molar-refractivity contribution in [2.75, 3.05) is 11.9 Å². The number of benzene rings is 1. The van der Waals surface area contributed by atoms with Crippen LogP contribution in [-0.4, -0.2) is 34.1 Å². The molecular weight excluding hydrogens is 336 g/mol. The van der Waals surface area contributed by atoms with Crippen LogP contribution in [0.5, 0.6) is 0 Å². The minimum atomic E-state index is -1.04. The molecule has 1 aromatic carbocycles. The van der Waals surface area contributed by atoms with Gasteiger partial charge in [-0.2, -0.15) is 0 Å². The Balaban J connectivity index is 3.05. The summed E-state index contributed by atoms with van der Waals surface area (Å²) in [4.78, 5) is 24.7. The number of amides is 2. The summed E-state index contributed by atoms with van der Waals surface area (Å²) in [7, 11) is 0. The van der Waals surface area contributed by atoms with Gasteiger partial charge in [0, 0.05) is 10.0 Å². The zero-order valence-corrected chi connectivity index (χ0v) is 14.5. The molecule has 0 aromatic heterocycles. The molecule has 21 heavy (non-hydrogen) atoms. The zero-order valence-electron chi connectivity index (χ0n) is 13.0. The van der Waals surface area contributed by atoms with Gasteiger partial charge in [-0.15, -0.1) is 0 Å². The normalized spacial score (nSPS) is 11.1. The molecule has 0 aliphatic carbocycles. The van der Waals surface area contributed by atoms with E-state index in [1.165, 1.54) is 4.90 Å². The summed E-state index contributed by atoms with van der Waals surface area (Å²) >= 11 is 3.43. The number of anilines is 1. The second-order valence-electron chi connectivity index (χ2n) is 6.02. The molecule has 0 radical (unpaired) electrons. The topological polar surface area (TPSA) is 69.6 Å². The van der Waals surface area contributed by atoms with E-state index in [0.29, 0.717) is 5.69 Å². The van der Waals surface area contributed by atoms with E-state index in [2.05, 4.69) is 21.2 Å². The molecule has 0 saturated carbocycles. The van der Waals surface area contributed by atoms with Gasteiger partial charge in [0.15, 0.2) is 0 Å². The number of carboxylic acid groups (broad SMARTS) is 1. The highest BCUT2D eigenvalue weighted by atomic mass is 79.9. The van der Waals surface area contributed by atoms with Gasteiger partial charge in [0.25, 0.3) is 0 Å². The Hall–Kier alpha value is -1.56. The lowest BCUT2D eigenvalue weighted by molar-refractivity contribution is -0.138. The molecule has 2 amide bonds. The van der Waals surface area contributed by atoms with Crippen molar-refractivity contribution < 1.29 is 14.7 Å². The number of carbonyl (C=O) groups is 2. The van der Waals surface area contributed by atoms with E-state index >= 15 is 0 Å². The molecule has 0 aliphatic rings. The lowest BCUT2D eigenvalue weighted by Crippen LogP contribution is -2.50. The summed E-state index contributed by atoms with van der Waals surface area (Å²) in [6, 6.07) is 3.43. The van der Waals surface area contributed by atoms with Gasteiger partial charge >= 0.3 is 12.0 Å². The third kappa shape index (κ3) is 4.74. The number of urea groups is 1. The van der Waals surface area contributed by atoms with Crippen LogP contribution in [0.3, 0.4) is 0 Å². The molecule has 0 unspecified atom stereocenters. The number of rotatable bonds is 3. The summed E-state index contributed by atoms with van der Waals surface area (Å²) in [6.45, 7) is 8.91. The smallest absolute Gasteiger partial charge is 0.323 e. The first-order chi connectivity index (χ1) is 9.52. The highest BCUT2D eigenvalue weighted by Crippen LogP contribution is 2.28. The van der Waals surface area contributed by atoms with Crippen LogP contribution in [0.4, 0.5) is 10.5 Å². The third-order valence-electron chi connectivity index (χ3n) is 3.01. The Morgan fingerprint density at radius 2 is 1.86 bits per heavy atom. The Labute approximate surface area is 133 Å². The molecule has 0 heterocycles. The van der Waals surface area contributed by atoms with Crippen LogP contribution < -0.4 is 5.32 Å². The van der Waals surface area contributed by atoms with Gasteiger partial charge in [0.2, 0.25) is 0 Å². The predicted molar refractivity (Wildman–Crippen MR) is 86.7 cm³/mol. The molecule has 0 aliphatic heterocycles. The summed E-state index contributed by atoms with van der Waals surface area (Å²) in [5.41, 5.74) is 2.06. The highest BCUT2D eigenvalue weighted by Gasteiger charge is 2.29. The van der Waals surface area contributed by atoms with Gasteiger partial charge in [-0.3, -0.25) is 4.79 Å². The highest BCUT2D eigenvalue weighted by molar-refractivity contribution is 9.10. The molecule has 2 N–H and O–H groups in total. The van der Waals surface area contributed by atoms with Gasteiger partial charge in [0.05, 0.1) is 5.69 Å². The van der Waals surface area contributed by atoms with Crippen LogP contribution in [0.2, 0.25) is 0 Å². The Bertz CT molecular complexity index is 542. The minimum Gasteiger partial charge on any atom is -0.480 e. The van der Waals surface area contributed by atoms with Crippen LogP contribution in [-0.2, 0) is 4.79 Å². The van der Waals surface area contributed by atoms with Gasteiger partial charge in [-0.05, 0) is 67.7 Å². The van der Waals surface area contributed by atoms with Crippen molar-refractivity contribution in [1.29, 1.82) is 0 Å². The predicted octanol–water partition coefficient (Wildman–Crippen LogP) is 3.78. The van der Waals surface area contributed by atoms with E-state index in [9.17, 15) is 9.59 Å². The van der Waals surface area contributed by atoms with Crippen molar-refractivity contribution in [3.63, 3.8) is 0 Å². The van der Waals surface area contributed by atoms with Crippen molar-refractivity contribution >= 4 is 33.6 Å². The molecule has 0 atom stereocenters. The summed E-state index contributed by atoms with van der Waals surface area (Å²) in [5.74, 6) is -1.04. The van der Waals surface area contributed by atoms with Gasteiger partial charge in [0.1, 0.15) is 6.54 Å². The lowest BCUT2D eigenvalue weighted by atomic mass is 10.1. The minimum absolute atomic E-state index is 0.349. The molecule has 1 aromatic rings. The number of aryl methyl sites for hydroxylation is 2. The fourth-order valence-corrected chi connectivity index (χ4v) is 2.77. The SMILES string of the molecule is Cc1cc(C)c(NC(=O)N(CC(=O)O)C(C)(C)C)c(Br)c1. The maximum Gasteiger partial charge on any atom is 0.323 e. The van der Waals surface area contributed by atoms with E-state index < -0.39 is 17.5 Å². The van der Waals surface area contributed by atoms with Gasteiger partial charge in [-0.25, -0.2) is 4.79 Å². The molecule has 0 saturated heterocycles. The monoisotopic (exact) mass is 356 g/mol. The van der Waals surface area contributed by atoms with E-state index in [0.717, 1.165) is 15.6 Å². The third-order valence-corrected chi connectivity index (χ3v) is 3.64. The van der Waals surface area contributed by atoms with Crippen molar-refractivity contribution in [3.05, 3.63) is 27.7 Å². The number of nitrogens with one attached hydrogen (secondary N) is 1. The van der Waals surface area contributed by atoms with Crippen LogP contribution in [0.25, 0.3) is 0 Å². The molecule has 116 valence electrons. The number of carbonyl (C=O) groups excluding carboxylic acids is 1. The van der Waals surface area contributed by atoms with Crippen LogP contribution in [0.15, 0.2) is 16.6 Å². The van der Waals surface area contributed by atoms with Gasteiger partial charge < -0.3 is 15.3 Å². The number of aliphatic carboxylic acids is 1. The molecule has 5 nitrogen and oxygen atoms in total. The Kier molecular flexibility index (Phi) is 5.39. The first-order valence-electron chi connectivity index (χ1n) is 6.59. The first-order valence-corrected chi connectivity index (χ1v) is 7.39. The van der Waals surface area contributed by atoms with Crippen molar-refractivity contribution in [3.8, 4) is 0 Å². The Morgan fingerprint density at radius 3 is 2.29 bits per heavy atom. The average Bonchev–Trinajstić information content (AvgIpc) is 2.28. The van der Waals surface area contributed by atoms with E-state index in [-0.39, 0.29) is 6.54 Å². The zero-order chi connectivity index (χ0) is 16.4. The van der Waals surface area contributed by atoms with Crippen LogP contribution in [0, 0.1) is 13.8 Å². The molecule has 0 bridgehead atoms. The summed E-state index contributed by atoms with van der Waals surface area (Å²) in [6.07, 6.45) is 0. The maximum atomic E-state index is 12.4. The van der Waals surface area contributed by atoms with Crippen LogP contribution in [0.1, 0.15) is 31.9 Å². The molecule has 0 spiro atoms. The van der Waals surface area contributed by atoms with Crippen molar-refractivity contribution in [1.82, 2.24) is 4.90 Å². The standard InChI is InChI=1S/C15H21BrN2O3/c1-9-6-10(2)13(11(16)7-9)17-14(21)18(8-12(19)20)15(3,4)5/h6-7H,8H2,1-5H3,(H,17,21)(H,19,20). The quantitative estimate of drug-likeness (QED) is 0.865. The molecular formula is C15H21BrN2O3. The van der Waals surface area contributed by atoms with E-state index in [4.69, 9.17) is 5.11 Å². The Morgan fingerprint density at radius 1 is 1.29 bits per heavy atom. The van der Waals surface area contributed by atoms with Crippen molar-refractivity contribution in [2.24, 2.45) is 0 Å². The van der Waals surface area contributed by atoms with Crippen LogP contribution >= 0.6 is 15.9 Å². The fourth-order valence-electron chi connectivity index (χ4n) is 2.00. The number of hydrogen-bond acceptors (Lipinski definition) is 2. The number of nitrogens with zero attached hydrogens (tertiary/aromatic N) is 1. The summed E-state index contributed by atoms with van der Waals surface area (Å²) < 4.78 is 0.775. The largest absolute Gasteiger partial charge is 0.480 e. The van der Waals surface area contributed by atoms with Crippen molar-refractivity contribution in [2.45, 2.75) is 40.2 Å². The fraction of sp³-hybridized carbons (Fsp3) is 0.467. The lowest BCUT2D eigenvalue weighted by Gasteiger charge is -2.34. The van der Waals surface area contributed by atoms with E-state index in [1.807, 2.05) is 26.0 Å². The van der Waals surface area contributed by atoms with E-state index in [1.54, 1.807) is 20.8 Å². The number of halogens is 1. The number of carboxylic acids is 1. The van der Waals surface area contributed by atoms with Gasteiger partial charge in [-0.1, -0.05) is 6.07 Å². The first kappa shape index (κ1) is 17.5. The molecule has 1 rings (SSSR count). The summed E-state index contributed by atoms with van der Waals surface area (Å²) in [5, 5.41) is 11.8. The number of hydrogen-bond donors (Lipinski definition) is 2. The second-order valence-corrected chi connectivity index (χ2v) is 6.87.